The fourth-order valence-electron chi connectivity index (χ4n) is 2.57. The number of Topliss-reactive ketones (excluding diaryl/α,β-unsaturated/α-hetero) is 1. The molecule has 138 valence electrons. The van der Waals surface area contributed by atoms with Crippen molar-refractivity contribution in [2.45, 2.75) is 73.8 Å². The molecule has 1 aliphatic carbocycles. The van der Waals surface area contributed by atoms with E-state index in [-0.39, 0.29) is 23.9 Å². The Morgan fingerprint density at radius 1 is 1.25 bits per heavy atom. The van der Waals surface area contributed by atoms with Gasteiger partial charge < -0.3 is 14.9 Å². The predicted octanol–water partition coefficient (Wildman–Crippen LogP) is 4.85. The highest BCUT2D eigenvalue weighted by Gasteiger charge is 2.28. The molecule has 1 atom stereocenters. The lowest BCUT2D eigenvalue weighted by atomic mass is 9.74. The smallest absolute Gasteiger partial charge is 0.159 e. The lowest BCUT2D eigenvalue weighted by Crippen LogP contribution is -2.23. The predicted molar refractivity (Wildman–Crippen MR) is 98.8 cm³/mol. The van der Waals surface area contributed by atoms with Crippen LogP contribution in [0.15, 0.2) is 34.8 Å². The number of ketones is 1. The Hall–Kier alpha value is -1.55. The van der Waals surface area contributed by atoms with Gasteiger partial charge in [0.15, 0.2) is 17.3 Å². The second kappa shape index (κ2) is 10.3. The van der Waals surface area contributed by atoms with Gasteiger partial charge in [-0.2, -0.15) is 0 Å². The van der Waals surface area contributed by atoms with Gasteiger partial charge in [-0.3, -0.25) is 4.79 Å². The van der Waals surface area contributed by atoms with Crippen LogP contribution in [0.3, 0.4) is 0 Å². The van der Waals surface area contributed by atoms with Gasteiger partial charge in [0.25, 0.3) is 0 Å². The molecular formula is C20H34O4. The van der Waals surface area contributed by atoms with Gasteiger partial charge in [-0.05, 0) is 63.7 Å². The topological polar surface area (TPSA) is 66.8 Å². The van der Waals surface area contributed by atoms with Crippen LogP contribution in [-0.4, -0.2) is 28.7 Å². The number of aliphatic hydroxyl groups is 2. The van der Waals surface area contributed by atoms with Crippen LogP contribution in [0.2, 0.25) is 0 Å². The van der Waals surface area contributed by atoms with E-state index in [2.05, 4.69) is 20.8 Å². The van der Waals surface area contributed by atoms with Crippen molar-refractivity contribution in [2.75, 3.05) is 6.61 Å². The summed E-state index contributed by atoms with van der Waals surface area (Å²) in [5.74, 6) is 0.858. The summed E-state index contributed by atoms with van der Waals surface area (Å²) in [5, 5.41) is 18.2. The fourth-order valence-corrected chi connectivity index (χ4v) is 2.57. The Balaban J connectivity index is 0.000000446. The van der Waals surface area contributed by atoms with Crippen LogP contribution in [-0.2, 0) is 9.53 Å². The van der Waals surface area contributed by atoms with E-state index in [1.54, 1.807) is 26.0 Å². The first-order valence-corrected chi connectivity index (χ1v) is 8.60. The zero-order valence-corrected chi connectivity index (χ0v) is 16.3. The molecule has 0 spiro atoms. The molecule has 0 saturated heterocycles. The van der Waals surface area contributed by atoms with Gasteiger partial charge in [0.2, 0.25) is 0 Å². The molecule has 1 unspecified atom stereocenters. The van der Waals surface area contributed by atoms with Crippen LogP contribution in [0.25, 0.3) is 0 Å². The van der Waals surface area contributed by atoms with Gasteiger partial charge in [0.05, 0.1) is 6.61 Å². The molecule has 0 amide bonds. The van der Waals surface area contributed by atoms with E-state index in [0.29, 0.717) is 18.0 Å². The first kappa shape index (κ1) is 22.4. The Morgan fingerprint density at radius 2 is 1.83 bits per heavy atom. The van der Waals surface area contributed by atoms with E-state index in [1.807, 2.05) is 13.8 Å². The molecule has 0 radical (unpaired) electrons. The third-order valence-electron chi connectivity index (χ3n) is 4.18. The molecule has 0 bridgehead atoms. The third kappa shape index (κ3) is 7.35. The summed E-state index contributed by atoms with van der Waals surface area (Å²) in [6.45, 7) is 13.7. The molecule has 4 nitrogen and oxygen atoms in total. The molecule has 2 N–H and O–H groups in total. The summed E-state index contributed by atoms with van der Waals surface area (Å²) in [6, 6.07) is 0. The number of rotatable bonds is 5. The zero-order valence-electron chi connectivity index (χ0n) is 16.3. The minimum atomic E-state index is -0.242. The first-order chi connectivity index (χ1) is 11.1. The van der Waals surface area contributed by atoms with E-state index in [1.165, 1.54) is 5.57 Å². The molecule has 1 aliphatic rings. The van der Waals surface area contributed by atoms with Crippen molar-refractivity contribution >= 4 is 5.78 Å². The van der Waals surface area contributed by atoms with Crippen LogP contribution >= 0.6 is 0 Å². The highest BCUT2D eigenvalue weighted by Crippen LogP contribution is 2.36. The normalized spacial score (nSPS) is 19.6. The summed E-state index contributed by atoms with van der Waals surface area (Å²) < 4.78 is 5.34. The van der Waals surface area contributed by atoms with Crippen LogP contribution in [0.5, 0.6) is 0 Å². The van der Waals surface area contributed by atoms with Crippen molar-refractivity contribution in [2.24, 2.45) is 5.41 Å². The van der Waals surface area contributed by atoms with Crippen molar-refractivity contribution < 1.29 is 19.7 Å². The summed E-state index contributed by atoms with van der Waals surface area (Å²) >= 11 is 0. The van der Waals surface area contributed by atoms with Crippen LogP contribution in [0.4, 0.5) is 0 Å². The maximum absolute atomic E-state index is 11.4. The van der Waals surface area contributed by atoms with Crippen molar-refractivity contribution in [3.05, 3.63) is 34.8 Å². The third-order valence-corrected chi connectivity index (χ3v) is 4.18. The number of ether oxygens (including phenoxy) is 1. The van der Waals surface area contributed by atoms with Gasteiger partial charge in [0, 0.05) is 6.42 Å². The van der Waals surface area contributed by atoms with Crippen LogP contribution in [0, 0.1) is 5.41 Å². The number of hydrogen-bond donors (Lipinski definition) is 2. The highest BCUT2D eigenvalue weighted by atomic mass is 16.5. The monoisotopic (exact) mass is 338 g/mol. The van der Waals surface area contributed by atoms with Crippen molar-refractivity contribution in [3.8, 4) is 0 Å². The van der Waals surface area contributed by atoms with Gasteiger partial charge in [0.1, 0.15) is 6.10 Å². The number of carbonyl (C=O) groups is 1. The lowest BCUT2D eigenvalue weighted by molar-refractivity contribution is -0.118. The molecule has 0 aromatic rings. The first-order valence-electron chi connectivity index (χ1n) is 8.60. The SMILES string of the molecule is CC1=C(C)C(=O)CC(C)(C)C1.CC=C(O)C(=CC)OC(CC)CO. The number of allylic oxidation sites excluding steroid dienone is 4. The van der Waals surface area contributed by atoms with E-state index in [9.17, 15) is 9.90 Å². The minimum absolute atomic E-state index is 0.0369. The van der Waals surface area contributed by atoms with Crippen LogP contribution in [0.1, 0.15) is 67.7 Å². The average molecular weight is 338 g/mol. The molecule has 0 saturated carbocycles. The van der Waals surface area contributed by atoms with Gasteiger partial charge >= 0.3 is 0 Å². The minimum Gasteiger partial charge on any atom is -0.504 e. The van der Waals surface area contributed by atoms with Crippen LogP contribution < -0.4 is 0 Å². The standard InChI is InChI=1S/C10H18O3.C10H16O/c1-4-8(7-11)13-10(6-3)9(12)5-2;1-7-5-10(3,4)6-9(11)8(7)2/h5-6,8,11-12H,4,7H2,1-3H3;5-6H2,1-4H3. The quantitative estimate of drug-likeness (QED) is 0.555. The van der Waals surface area contributed by atoms with E-state index in [0.717, 1.165) is 18.4 Å². The van der Waals surface area contributed by atoms with Crippen molar-refractivity contribution in [3.63, 3.8) is 0 Å². The molecule has 0 aromatic carbocycles. The van der Waals surface area contributed by atoms with Gasteiger partial charge in [-0.25, -0.2) is 0 Å². The van der Waals surface area contributed by atoms with Gasteiger partial charge in [-0.1, -0.05) is 26.3 Å². The van der Waals surface area contributed by atoms with E-state index < -0.39 is 0 Å². The molecule has 0 fully saturated rings. The summed E-state index contributed by atoms with van der Waals surface area (Å²) in [4.78, 5) is 11.4. The zero-order chi connectivity index (χ0) is 18.9. The molecule has 0 aliphatic heterocycles. The maximum atomic E-state index is 11.4. The number of hydrogen-bond acceptors (Lipinski definition) is 4. The van der Waals surface area contributed by atoms with E-state index in [4.69, 9.17) is 9.84 Å². The Kier molecular flexibility index (Phi) is 9.67. The second-order valence-electron chi connectivity index (χ2n) is 7.00. The molecule has 0 heterocycles. The fraction of sp³-hybridized carbons (Fsp3) is 0.650. The largest absolute Gasteiger partial charge is 0.504 e. The van der Waals surface area contributed by atoms with E-state index >= 15 is 0 Å². The highest BCUT2D eigenvalue weighted by molar-refractivity contribution is 5.96. The molecule has 0 aromatic heterocycles. The lowest BCUT2D eigenvalue weighted by Gasteiger charge is -2.29. The number of aliphatic hydroxyl groups excluding tert-OH is 2. The molecule has 24 heavy (non-hydrogen) atoms. The van der Waals surface area contributed by atoms with Crippen molar-refractivity contribution in [1.29, 1.82) is 0 Å². The Morgan fingerprint density at radius 3 is 2.21 bits per heavy atom. The Bertz CT molecular complexity index is 506. The number of carbonyl (C=O) groups excluding carboxylic acids is 1. The summed E-state index contributed by atoms with van der Waals surface area (Å²) in [5.41, 5.74) is 2.45. The van der Waals surface area contributed by atoms with Crippen molar-refractivity contribution in [1.82, 2.24) is 0 Å². The average Bonchev–Trinajstić information content (AvgIpc) is 2.53. The molecule has 4 heteroatoms. The molecule has 1 rings (SSSR count). The second-order valence-corrected chi connectivity index (χ2v) is 7.00. The molecular weight excluding hydrogens is 304 g/mol. The maximum Gasteiger partial charge on any atom is 0.159 e. The Labute approximate surface area is 146 Å². The summed E-state index contributed by atoms with van der Waals surface area (Å²) in [7, 11) is 0. The van der Waals surface area contributed by atoms with Gasteiger partial charge in [-0.15, -0.1) is 0 Å². The summed E-state index contributed by atoms with van der Waals surface area (Å²) in [6.07, 6.45) is 5.49.